The number of rotatable bonds is 5. The van der Waals surface area contributed by atoms with Crippen molar-refractivity contribution in [2.45, 2.75) is 32.6 Å². The van der Waals surface area contributed by atoms with Crippen LogP contribution in [-0.4, -0.2) is 16.1 Å². The van der Waals surface area contributed by atoms with Crippen molar-refractivity contribution >= 4 is 29.2 Å². The summed E-state index contributed by atoms with van der Waals surface area (Å²) < 4.78 is 0. The van der Waals surface area contributed by atoms with E-state index in [1.54, 1.807) is 0 Å². The Bertz CT molecular complexity index is 394. The fraction of sp³-hybridized carbons (Fsp3) is 0.455. The predicted octanol–water partition coefficient (Wildman–Crippen LogP) is 3.82. The first-order valence-electron chi connectivity index (χ1n) is 5.14. The number of unbranched alkanes of at least 4 members (excludes halogenated alkanes) is 2. The van der Waals surface area contributed by atoms with E-state index in [0.717, 1.165) is 19.3 Å². The number of aryl methyl sites for hydroxylation is 1. The largest absolute Gasteiger partial charge is 0.477 e. The minimum Gasteiger partial charge on any atom is -0.477 e. The van der Waals surface area contributed by atoms with Crippen LogP contribution in [0.15, 0.2) is 6.07 Å². The minimum atomic E-state index is -1.09. The highest BCUT2D eigenvalue weighted by Gasteiger charge is 2.13. The molecule has 1 aromatic heterocycles. The third-order valence-corrected chi connectivity index (χ3v) is 3.03. The van der Waals surface area contributed by atoms with Crippen molar-refractivity contribution in [1.29, 1.82) is 0 Å². The van der Waals surface area contributed by atoms with Crippen molar-refractivity contribution in [3.05, 3.63) is 27.5 Å². The molecule has 1 heterocycles. The summed E-state index contributed by atoms with van der Waals surface area (Å²) in [6.45, 7) is 2.09. The number of aromatic nitrogens is 1. The average molecular weight is 262 g/mol. The Labute approximate surface area is 104 Å². The summed E-state index contributed by atoms with van der Waals surface area (Å²) in [4.78, 5) is 14.8. The molecule has 88 valence electrons. The molecular weight excluding hydrogens is 249 g/mol. The van der Waals surface area contributed by atoms with E-state index in [4.69, 9.17) is 28.3 Å². The van der Waals surface area contributed by atoms with Crippen LogP contribution >= 0.6 is 23.2 Å². The predicted molar refractivity (Wildman–Crippen MR) is 64.4 cm³/mol. The highest BCUT2D eigenvalue weighted by Crippen LogP contribution is 2.26. The van der Waals surface area contributed by atoms with E-state index >= 15 is 0 Å². The molecule has 0 saturated heterocycles. The fourth-order valence-corrected chi connectivity index (χ4v) is 1.77. The number of carbonyl (C=O) groups is 1. The second-order valence-electron chi connectivity index (χ2n) is 3.51. The molecule has 3 nitrogen and oxygen atoms in total. The van der Waals surface area contributed by atoms with Gasteiger partial charge in [0.2, 0.25) is 0 Å². The third kappa shape index (κ3) is 3.35. The van der Waals surface area contributed by atoms with Gasteiger partial charge in [0.05, 0.1) is 15.7 Å². The summed E-state index contributed by atoms with van der Waals surface area (Å²) in [5.74, 6) is -1.09. The maximum atomic E-state index is 10.8. The Morgan fingerprint density at radius 3 is 2.69 bits per heavy atom. The Kier molecular flexibility index (Phi) is 5.03. The molecule has 0 radical (unpaired) electrons. The van der Waals surface area contributed by atoms with Crippen molar-refractivity contribution in [3.8, 4) is 0 Å². The minimum absolute atomic E-state index is 0.0547. The lowest BCUT2D eigenvalue weighted by molar-refractivity contribution is 0.0690. The van der Waals surface area contributed by atoms with Crippen LogP contribution in [0.1, 0.15) is 42.4 Å². The van der Waals surface area contributed by atoms with Gasteiger partial charge in [-0.3, -0.25) is 0 Å². The number of pyridine rings is 1. The summed E-state index contributed by atoms with van der Waals surface area (Å²) in [6, 6.07) is 1.27. The van der Waals surface area contributed by atoms with Gasteiger partial charge in [-0.15, -0.1) is 0 Å². The smallest absolute Gasteiger partial charge is 0.354 e. The van der Waals surface area contributed by atoms with Gasteiger partial charge < -0.3 is 5.11 Å². The van der Waals surface area contributed by atoms with Crippen LogP contribution in [0, 0.1) is 0 Å². The van der Waals surface area contributed by atoms with Crippen LogP contribution < -0.4 is 0 Å². The molecule has 0 spiro atoms. The normalized spacial score (nSPS) is 10.4. The molecule has 0 amide bonds. The lowest BCUT2D eigenvalue weighted by atomic mass is 10.1. The van der Waals surface area contributed by atoms with Crippen LogP contribution in [0.3, 0.4) is 0 Å². The number of halogens is 2. The summed E-state index contributed by atoms with van der Waals surface area (Å²) in [6.07, 6.45) is 3.74. The average Bonchev–Trinajstić information content (AvgIpc) is 2.24. The molecule has 0 aliphatic carbocycles. The van der Waals surface area contributed by atoms with E-state index in [1.165, 1.54) is 6.07 Å². The van der Waals surface area contributed by atoms with Gasteiger partial charge >= 0.3 is 5.97 Å². The third-order valence-electron chi connectivity index (χ3n) is 2.22. The van der Waals surface area contributed by atoms with Crippen molar-refractivity contribution in [3.63, 3.8) is 0 Å². The molecule has 0 aliphatic heterocycles. The van der Waals surface area contributed by atoms with Crippen LogP contribution in [0.25, 0.3) is 0 Å². The van der Waals surface area contributed by atoms with Crippen molar-refractivity contribution < 1.29 is 9.90 Å². The van der Waals surface area contributed by atoms with Gasteiger partial charge in [-0.25, -0.2) is 9.78 Å². The number of nitrogens with zero attached hydrogens (tertiary/aromatic N) is 1. The van der Waals surface area contributed by atoms with E-state index < -0.39 is 5.97 Å². The zero-order chi connectivity index (χ0) is 12.1. The Balaban J connectivity index is 2.93. The van der Waals surface area contributed by atoms with Crippen molar-refractivity contribution in [2.24, 2.45) is 0 Å². The molecule has 0 aromatic carbocycles. The van der Waals surface area contributed by atoms with Gasteiger partial charge in [-0.1, -0.05) is 43.0 Å². The highest BCUT2D eigenvalue weighted by molar-refractivity contribution is 6.42. The summed E-state index contributed by atoms with van der Waals surface area (Å²) in [5.41, 5.74) is 0.515. The summed E-state index contributed by atoms with van der Waals surface area (Å²) >= 11 is 11.8. The molecule has 1 N–H and O–H groups in total. The molecule has 0 aliphatic rings. The molecule has 0 saturated carbocycles. The molecule has 0 atom stereocenters. The van der Waals surface area contributed by atoms with Crippen LogP contribution in [0.2, 0.25) is 10.0 Å². The van der Waals surface area contributed by atoms with Gasteiger partial charge in [0.25, 0.3) is 0 Å². The maximum Gasteiger partial charge on any atom is 0.354 e. The van der Waals surface area contributed by atoms with Crippen LogP contribution in [0.4, 0.5) is 0 Å². The first kappa shape index (κ1) is 13.3. The second kappa shape index (κ2) is 6.06. The molecule has 0 bridgehead atoms. The van der Waals surface area contributed by atoms with Crippen LogP contribution in [0.5, 0.6) is 0 Å². The molecule has 1 rings (SSSR count). The van der Waals surface area contributed by atoms with Gasteiger partial charge in [-0.2, -0.15) is 0 Å². The number of hydrogen-bond donors (Lipinski definition) is 1. The first-order valence-corrected chi connectivity index (χ1v) is 5.90. The molecule has 16 heavy (non-hydrogen) atoms. The van der Waals surface area contributed by atoms with E-state index in [-0.39, 0.29) is 10.7 Å². The Morgan fingerprint density at radius 1 is 1.44 bits per heavy atom. The van der Waals surface area contributed by atoms with E-state index in [0.29, 0.717) is 17.1 Å². The Morgan fingerprint density at radius 2 is 2.12 bits per heavy atom. The molecule has 1 aromatic rings. The van der Waals surface area contributed by atoms with Crippen LogP contribution in [-0.2, 0) is 6.42 Å². The number of hydrogen-bond acceptors (Lipinski definition) is 2. The standard InChI is InChI=1S/C11H13Cl2NO2/c1-2-3-4-5-8-10(13)7(12)6-9(14-8)11(15)16/h6H,2-5H2,1H3,(H,15,16). The lowest BCUT2D eigenvalue weighted by Gasteiger charge is -2.06. The quantitative estimate of drug-likeness (QED) is 0.820. The zero-order valence-electron chi connectivity index (χ0n) is 8.96. The zero-order valence-corrected chi connectivity index (χ0v) is 10.5. The fourth-order valence-electron chi connectivity index (χ4n) is 1.37. The van der Waals surface area contributed by atoms with Gasteiger partial charge in [0, 0.05) is 0 Å². The first-order chi connectivity index (χ1) is 7.56. The number of aromatic carboxylic acids is 1. The summed E-state index contributed by atoms with van der Waals surface area (Å²) in [7, 11) is 0. The highest BCUT2D eigenvalue weighted by atomic mass is 35.5. The van der Waals surface area contributed by atoms with Crippen molar-refractivity contribution in [1.82, 2.24) is 4.98 Å². The molecule has 0 unspecified atom stereocenters. The number of carboxylic acids is 1. The topological polar surface area (TPSA) is 50.2 Å². The summed E-state index contributed by atoms with van der Waals surface area (Å²) in [5, 5.41) is 9.45. The Hall–Kier alpha value is -0.800. The van der Waals surface area contributed by atoms with Crippen molar-refractivity contribution in [2.75, 3.05) is 0 Å². The molecular formula is C11H13Cl2NO2. The van der Waals surface area contributed by atoms with E-state index in [9.17, 15) is 4.79 Å². The SMILES string of the molecule is CCCCCc1nc(C(=O)O)cc(Cl)c1Cl. The molecule has 0 fully saturated rings. The number of carboxylic acid groups (broad SMARTS) is 1. The van der Waals surface area contributed by atoms with Gasteiger partial charge in [0.1, 0.15) is 5.69 Å². The maximum absolute atomic E-state index is 10.8. The van der Waals surface area contributed by atoms with E-state index in [2.05, 4.69) is 11.9 Å². The lowest BCUT2D eigenvalue weighted by Crippen LogP contribution is -2.04. The van der Waals surface area contributed by atoms with Gasteiger partial charge in [-0.05, 0) is 18.9 Å². The van der Waals surface area contributed by atoms with E-state index in [1.807, 2.05) is 0 Å². The second-order valence-corrected chi connectivity index (χ2v) is 4.30. The molecule has 5 heteroatoms. The monoisotopic (exact) mass is 261 g/mol. The van der Waals surface area contributed by atoms with Gasteiger partial charge in [0.15, 0.2) is 0 Å².